The molecule has 0 atom stereocenters. The number of nitrogens with one attached hydrogen (secondary N) is 1. The van der Waals surface area contributed by atoms with Gasteiger partial charge in [0.1, 0.15) is 6.54 Å². The molecule has 0 unspecified atom stereocenters. The molecule has 1 N–H and O–H groups in total. The SMILES string of the molecule is CC(=O)N(CC(=O)Nc1ccc(C)c(C)c1)c1ccc(N2CCCC2)cc1. The van der Waals surface area contributed by atoms with E-state index in [0.29, 0.717) is 0 Å². The number of aryl methyl sites for hydroxylation is 2. The van der Waals surface area contributed by atoms with Crippen molar-refractivity contribution in [3.05, 3.63) is 53.6 Å². The first kappa shape index (κ1) is 19.0. The molecule has 1 heterocycles. The Morgan fingerprint density at radius 3 is 2.26 bits per heavy atom. The molecule has 0 aromatic heterocycles. The Morgan fingerprint density at radius 2 is 1.67 bits per heavy atom. The summed E-state index contributed by atoms with van der Waals surface area (Å²) in [6.45, 7) is 7.67. The molecule has 27 heavy (non-hydrogen) atoms. The number of hydrogen-bond acceptors (Lipinski definition) is 3. The Bertz CT molecular complexity index is 824. The van der Waals surface area contributed by atoms with E-state index < -0.39 is 0 Å². The van der Waals surface area contributed by atoms with Crippen LogP contribution < -0.4 is 15.1 Å². The molecule has 5 nitrogen and oxygen atoms in total. The summed E-state index contributed by atoms with van der Waals surface area (Å²) in [5, 5.41) is 2.88. The van der Waals surface area contributed by atoms with Gasteiger partial charge in [-0.2, -0.15) is 0 Å². The molecule has 0 bridgehead atoms. The summed E-state index contributed by atoms with van der Waals surface area (Å²) in [5.41, 5.74) is 4.95. The minimum Gasteiger partial charge on any atom is -0.372 e. The predicted molar refractivity (Wildman–Crippen MR) is 110 cm³/mol. The van der Waals surface area contributed by atoms with Gasteiger partial charge < -0.3 is 15.1 Å². The highest BCUT2D eigenvalue weighted by atomic mass is 16.2. The van der Waals surface area contributed by atoms with Gasteiger partial charge in [0.25, 0.3) is 0 Å². The number of benzene rings is 2. The fraction of sp³-hybridized carbons (Fsp3) is 0.364. The van der Waals surface area contributed by atoms with Gasteiger partial charge in [0.15, 0.2) is 0 Å². The quantitative estimate of drug-likeness (QED) is 0.874. The number of nitrogens with zero attached hydrogens (tertiary/aromatic N) is 2. The fourth-order valence-electron chi connectivity index (χ4n) is 3.37. The summed E-state index contributed by atoms with van der Waals surface area (Å²) in [7, 11) is 0. The van der Waals surface area contributed by atoms with Crippen molar-refractivity contribution in [1.82, 2.24) is 0 Å². The number of hydrogen-bond donors (Lipinski definition) is 1. The highest BCUT2D eigenvalue weighted by Crippen LogP contribution is 2.24. The van der Waals surface area contributed by atoms with Gasteiger partial charge in [-0.25, -0.2) is 0 Å². The van der Waals surface area contributed by atoms with Crippen LogP contribution in [0, 0.1) is 13.8 Å². The number of rotatable bonds is 5. The summed E-state index contributed by atoms with van der Waals surface area (Å²) in [4.78, 5) is 28.4. The Kier molecular flexibility index (Phi) is 5.79. The van der Waals surface area contributed by atoms with E-state index in [-0.39, 0.29) is 18.4 Å². The van der Waals surface area contributed by atoms with Crippen LogP contribution in [0.5, 0.6) is 0 Å². The van der Waals surface area contributed by atoms with Gasteiger partial charge in [0, 0.05) is 37.1 Å². The van der Waals surface area contributed by atoms with Crippen LogP contribution in [0.25, 0.3) is 0 Å². The zero-order valence-electron chi connectivity index (χ0n) is 16.3. The molecule has 2 amide bonds. The monoisotopic (exact) mass is 365 g/mol. The molecule has 1 aliphatic heterocycles. The van der Waals surface area contributed by atoms with E-state index in [2.05, 4.69) is 10.2 Å². The second kappa shape index (κ2) is 8.25. The summed E-state index contributed by atoms with van der Waals surface area (Å²) in [6.07, 6.45) is 2.44. The van der Waals surface area contributed by atoms with Crippen LogP contribution in [0.3, 0.4) is 0 Å². The second-order valence-electron chi connectivity index (χ2n) is 7.16. The van der Waals surface area contributed by atoms with Gasteiger partial charge in [-0.3, -0.25) is 9.59 Å². The lowest BCUT2D eigenvalue weighted by molar-refractivity contribution is -0.120. The molecule has 1 aliphatic rings. The molecule has 1 fully saturated rings. The first-order chi connectivity index (χ1) is 12.9. The molecule has 0 spiro atoms. The van der Waals surface area contributed by atoms with Crippen LogP contribution in [-0.2, 0) is 9.59 Å². The van der Waals surface area contributed by atoms with E-state index in [9.17, 15) is 9.59 Å². The molecule has 0 aliphatic carbocycles. The van der Waals surface area contributed by atoms with E-state index in [1.54, 1.807) is 0 Å². The Morgan fingerprint density at radius 1 is 1.00 bits per heavy atom. The minimum atomic E-state index is -0.211. The molecule has 0 radical (unpaired) electrons. The number of carbonyl (C=O) groups is 2. The molecule has 1 saturated heterocycles. The van der Waals surface area contributed by atoms with Crippen molar-refractivity contribution in [2.24, 2.45) is 0 Å². The maximum Gasteiger partial charge on any atom is 0.244 e. The highest BCUT2D eigenvalue weighted by Gasteiger charge is 2.17. The van der Waals surface area contributed by atoms with E-state index in [4.69, 9.17) is 0 Å². The predicted octanol–water partition coefficient (Wildman–Crippen LogP) is 3.90. The summed E-state index contributed by atoms with van der Waals surface area (Å²) in [6, 6.07) is 13.7. The van der Waals surface area contributed by atoms with Gasteiger partial charge in [-0.15, -0.1) is 0 Å². The van der Waals surface area contributed by atoms with E-state index in [0.717, 1.165) is 30.0 Å². The van der Waals surface area contributed by atoms with Gasteiger partial charge in [-0.1, -0.05) is 6.07 Å². The molecule has 5 heteroatoms. The topological polar surface area (TPSA) is 52.7 Å². The zero-order valence-corrected chi connectivity index (χ0v) is 16.3. The van der Waals surface area contributed by atoms with Crippen LogP contribution in [0.15, 0.2) is 42.5 Å². The summed E-state index contributed by atoms with van der Waals surface area (Å²) in [5.74, 6) is -0.365. The van der Waals surface area contributed by atoms with E-state index in [1.165, 1.54) is 35.9 Å². The first-order valence-corrected chi connectivity index (χ1v) is 9.44. The van der Waals surface area contributed by atoms with Crippen LogP contribution in [0.2, 0.25) is 0 Å². The second-order valence-corrected chi connectivity index (χ2v) is 7.16. The lowest BCUT2D eigenvalue weighted by Crippen LogP contribution is -2.36. The lowest BCUT2D eigenvalue weighted by atomic mass is 10.1. The summed E-state index contributed by atoms with van der Waals surface area (Å²) >= 11 is 0. The standard InChI is InChI=1S/C22H27N3O2/c1-16-6-7-19(14-17(16)2)23-22(27)15-25(18(3)26)21-10-8-20(9-11-21)24-12-4-5-13-24/h6-11,14H,4-5,12-13,15H2,1-3H3,(H,23,27). The van der Waals surface area contributed by atoms with Gasteiger partial charge in [-0.05, 0) is 74.2 Å². The summed E-state index contributed by atoms with van der Waals surface area (Å²) < 4.78 is 0. The first-order valence-electron chi connectivity index (χ1n) is 9.44. The van der Waals surface area contributed by atoms with Gasteiger partial charge in [0.2, 0.25) is 11.8 Å². The molecular weight excluding hydrogens is 338 g/mol. The molecular formula is C22H27N3O2. The molecule has 142 valence electrons. The zero-order chi connectivity index (χ0) is 19.4. The van der Waals surface area contributed by atoms with Crippen molar-refractivity contribution < 1.29 is 9.59 Å². The highest BCUT2D eigenvalue weighted by molar-refractivity contribution is 6.01. The Balaban J connectivity index is 1.68. The molecule has 0 saturated carbocycles. The van der Waals surface area contributed by atoms with Crippen LogP contribution in [-0.4, -0.2) is 31.4 Å². The Hall–Kier alpha value is -2.82. The lowest BCUT2D eigenvalue weighted by Gasteiger charge is -2.23. The number of carbonyl (C=O) groups excluding carboxylic acids is 2. The van der Waals surface area contributed by atoms with Crippen molar-refractivity contribution in [2.45, 2.75) is 33.6 Å². The average Bonchev–Trinajstić information content (AvgIpc) is 3.17. The molecule has 2 aromatic rings. The minimum absolute atomic E-state index is 0.00861. The fourth-order valence-corrected chi connectivity index (χ4v) is 3.37. The van der Waals surface area contributed by atoms with Crippen molar-refractivity contribution in [3.8, 4) is 0 Å². The van der Waals surface area contributed by atoms with Crippen LogP contribution >= 0.6 is 0 Å². The molecule has 2 aromatic carbocycles. The van der Waals surface area contributed by atoms with Gasteiger partial charge in [0.05, 0.1) is 0 Å². The number of anilines is 3. The number of amides is 2. The Labute approximate surface area is 161 Å². The largest absolute Gasteiger partial charge is 0.372 e. The third-order valence-corrected chi connectivity index (χ3v) is 5.11. The molecule has 3 rings (SSSR count). The van der Waals surface area contributed by atoms with E-state index in [1.807, 2.05) is 56.3 Å². The normalized spacial score (nSPS) is 13.5. The third kappa shape index (κ3) is 4.67. The van der Waals surface area contributed by atoms with Crippen molar-refractivity contribution in [1.29, 1.82) is 0 Å². The smallest absolute Gasteiger partial charge is 0.244 e. The van der Waals surface area contributed by atoms with Crippen molar-refractivity contribution in [2.75, 3.05) is 34.8 Å². The van der Waals surface area contributed by atoms with Gasteiger partial charge >= 0.3 is 0 Å². The van der Waals surface area contributed by atoms with Crippen molar-refractivity contribution in [3.63, 3.8) is 0 Å². The van der Waals surface area contributed by atoms with Crippen LogP contribution in [0.1, 0.15) is 30.9 Å². The maximum atomic E-state index is 12.5. The maximum absolute atomic E-state index is 12.5. The van der Waals surface area contributed by atoms with E-state index >= 15 is 0 Å². The average molecular weight is 365 g/mol. The third-order valence-electron chi connectivity index (χ3n) is 5.11. The van der Waals surface area contributed by atoms with Crippen molar-refractivity contribution >= 4 is 28.9 Å². The van der Waals surface area contributed by atoms with Crippen LogP contribution in [0.4, 0.5) is 17.1 Å².